The fraction of sp³-hybridized carbons (Fsp3) is 0.348. The van der Waals surface area contributed by atoms with Gasteiger partial charge in [0.15, 0.2) is 5.69 Å². The van der Waals surface area contributed by atoms with E-state index in [1.165, 1.54) is 9.58 Å². The smallest absolute Gasteiger partial charge is 0.269 e. The van der Waals surface area contributed by atoms with Crippen molar-refractivity contribution in [2.75, 3.05) is 0 Å². The Balaban J connectivity index is 1.38. The summed E-state index contributed by atoms with van der Waals surface area (Å²) in [5.41, 5.74) is 6.71. The summed E-state index contributed by atoms with van der Waals surface area (Å²) >= 11 is 5.92. The second kappa shape index (κ2) is 8.69. The maximum absolute atomic E-state index is 13.4. The van der Waals surface area contributed by atoms with Crippen LogP contribution in [0.5, 0.6) is 0 Å². The Bertz CT molecular complexity index is 1290. The highest BCUT2D eigenvalue weighted by molar-refractivity contribution is 6.29. The summed E-state index contributed by atoms with van der Waals surface area (Å²) in [4.78, 5) is 44.0. The number of likely N-dealkylation sites (tertiary alicyclic amines) is 1. The Labute approximate surface area is 199 Å². The fourth-order valence-corrected chi connectivity index (χ4v) is 5.36. The SMILES string of the molecule is NC(=O)c1nn(CC(=O)N2C(C(=O)NCc3cccc(Cl)n3)[C@@H]3CC[C@H]2[C@H]3O)c2ccccc12. The van der Waals surface area contributed by atoms with Gasteiger partial charge in [0.05, 0.1) is 29.9 Å². The summed E-state index contributed by atoms with van der Waals surface area (Å²) in [5, 5.41) is 18.7. The molecule has 10 nitrogen and oxygen atoms in total. The molecule has 1 aromatic carbocycles. The molecule has 2 fully saturated rings. The molecule has 4 atom stereocenters. The first-order chi connectivity index (χ1) is 16.3. The number of primary amides is 1. The molecular weight excluding hydrogens is 460 g/mol. The Hall–Kier alpha value is -3.50. The lowest BCUT2D eigenvalue weighted by Crippen LogP contribution is -2.53. The van der Waals surface area contributed by atoms with Crippen LogP contribution in [0.1, 0.15) is 29.0 Å². The summed E-state index contributed by atoms with van der Waals surface area (Å²) in [7, 11) is 0. The maximum atomic E-state index is 13.4. The normalized spacial score (nSPS) is 23.4. The Morgan fingerprint density at radius 1 is 1.15 bits per heavy atom. The number of hydrogen-bond acceptors (Lipinski definition) is 6. The largest absolute Gasteiger partial charge is 0.391 e. The molecule has 0 radical (unpaired) electrons. The molecule has 2 bridgehead atoms. The van der Waals surface area contributed by atoms with Crippen molar-refractivity contribution in [3.05, 3.63) is 59.0 Å². The number of nitrogens with zero attached hydrogens (tertiary/aromatic N) is 4. The summed E-state index contributed by atoms with van der Waals surface area (Å²) < 4.78 is 1.42. The zero-order valence-corrected chi connectivity index (χ0v) is 18.9. The number of hydrogen-bond donors (Lipinski definition) is 3. The van der Waals surface area contributed by atoms with Gasteiger partial charge < -0.3 is 21.1 Å². The highest BCUT2D eigenvalue weighted by Crippen LogP contribution is 2.43. The molecule has 3 aromatic rings. The molecule has 34 heavy (non-hydrogen) atoms. The van der Waals surface area contributed by atoms with Crippen molar-refractivity contribution < 1.29 is 19.5 Å². The fourth-order valence-electron chi connectivity index (χ4n) is 5.18. The number of aliphatic hydroxyl groups excluding tert-OH is 1. The topological polar surface area (TPSA) is 143 Å². The number of rotatable bonds is 6. The lowest BCUT2D eigenvalue weighted by molar-refractivity contribution is -0.143. The minimum absolute atomic E-state index is 0.0784. The van der Waals surface area contributed by atoms with Gasteiger partial charge in [-0.15, -0.1) is 0 Å². The number of para-hydroxylation sites is 1. The number of piperidine rings is 1. The van der Waals surface area contributed by atoms with Crippen LogP contribution in [-0.4, -0.2) is 60.7 Å². The number of halogens is 1. The van der Waals surface area contributed by atoms with Crippen LogP contribution in [0.2, 0.25) is 5.15 Å². The zero-order valence-electron chi connectivity index (χ0n) is 18.1. The quantitative estimate of drug-likeness (QED) is 0.444. The van der Waals surface area contributed by atoms with Crippen LogP contribution in [-0.2, 0) is 22.7 Å². The number of carbonyl (C=O) groups is 3. The average molecular weight is 483 g/mol. The lowest BCUT2D eigenvalue weighted by Gasteiger charge is -2.34. The third-order valence-corrected chi connectivity index (χ3v) is 6.85. The molecule has 3 heterocycles. The molecule has 1 aliphatic carbocycles. The molecule has 2 aliphatic rings. The number of nitrogens with two attached hydrogens (primary N) is 1. The van der Waals surface area contributed by atoms with Crippen LogP contribution in [0.3, 0.4) is 0 Å². The molecule has 1 aliphatic heterocycles. The highest BCUT2D eigenvalue weighted by Gasteiger charge is 2.57. The second-order valence-electron chi connectivity index (χ2n) is 8.60. The third-order valence-electron chi connectivity index (χ3n) is 6.64. The highest BCUT2D eigenvalue weighted by atomic mass is 35.5. The predicted molar refractivity (Wildman–Crippen MR) is 122 cm³/mol. The summed E-state index contributed by atoms with van der Waals surface area (Å²) in [6.07, 6.45) is 0.489. The van der Waals surface area contributed by atoms with E-state index in [0.717, 1.165) is 0 Å². The summed E-state index contributed by atoms with van der Waals surface area (Å²) in [5.74, 6) is -1.76. The van der Waals surface area contributed by atoms with E-state index in [2.05, 4.69) is 15.4 Å². The van der Waals surface area contributed by atoms with Crippen molar-refractivity contribution in [2.24, 2.45) is 11.7 Å². The first-order valence-corrected chi connectivity index (χ1v) is 11.4. The van der Waals surface area contributed by atoms with Crippen LogP contribution in [0.15, 0.2) is 42.5 Å². The number of aromatic nitrogens is 3. The van der Waals surface area contributed by atoms with Gasteiger partial charge in [-0.05, 0) is 31.0 Å². The van der Waals surface area contributed by atoms with Gasteiger partial charge in [-0.1, -0.05) is 35.9 Å². The monoisotopic (exact) mass is 482 g/mol. The van der Waals surface area contributed by atoms with Crippen molar-refractivity contribution in [1.29, 1.82) is 0 Å². The molecule has 4 N–H and O–H groups in total. The average Bonchev–Trinajstić information content (AvgIpc) is 3.46. The van der Waals surface area contributed by atoms with Crippen molar-refractivity contribution in [3.63, 3.8) is 0 Å². The van der Waals surface area contributed by atoms with Gasteiger partial charge in [-0.2, -0.15) is 5.10 Å². The van der Waals surface area contributed by atoms with E-state index in [9.17, 15) is 19.5 Å². The van der Waals surface area contributed by atoms with Crippen LogP contribution in [0.4, 0.5) is 0 Å². The van der Waals surface area contributed by atoms with Crippen LogP contribution in [0.25, 0.3) is 10.9 Å². The molecule has 1 unspecified atom stereocenters. The molecule has 176 valence electrons. The maximum Gasteiger partial charge on any atom is 0.269 e. The molecule has 11 heteroatoms. The Morgan fingerprint density at radius 3 is 2.71 bits per heavy atom. The van der Waals surface area contributed by atoms with Gasteiger partial charge in [-0.25, -0.2) is 4.98 Å². The number of benzene rings is 1. The molecule has 0 spiro atoms. The van der Waals surface area contributed by atoms with Gasteiger partial charge in [-0.3, -0.25) is 19.1 Å². The van der Waals surface area contributed by atoms with E-state index >= 15 is 0 Å². The van der Waals surface area contributed by atoms with E-state index in [1.807, 2.05) is 0 Å². The van der Waals surface area contributed by atoms with E-state index in [4.69, 9.17) is 17.3 Å². The minimum Gasteiger partial charge on any atom is -0.391 e. The van der Waals surface area contributed by atoms with Crippen LogP contribution in [0, 0.1) is 5.92 Å². The van der Waals surface area contributed by atoms with Crippen molar-refractivity contribution in [1.82, 2.24) is 25.0 Å². The Morgan fingerprint density at radius 2 is 1.94 bits per heavy atom. The van der Waals surface area contributed by atoms with E-state index in [-0.39, 0.29) is 36.5 Å². The van der Waals surface area contributed by atoms with Gasteiger partial charge in [0, 0.05) is 11.3 Å². The Kier molecular flexibility index (Phi) is 5.70. The predicted octanol–water partition coefficient (Wildman–Crippen LogP) is 0.850. The van der Waals surface area contributed by atoms with Crippen LogP contribution >= 0.6 is 11.6 Å². The van der Waals surface area contributed by atoms with Gasteiger partial charge in [0.2, 0.25) is 11.8 Å². The zero-order chi connectivity index (χ0) is 24.0. The van der Waals surface area contributed by atoms with E-state index < -0.39 is 24.1 Å². The number of carbonyl (C=O) groups excluding carboxylic acids is 3. The van der Waals surface area contributed by atoms with Crippen molar-refractivity contribution in [3.8, 4) is 0 Å². The van der Waals surface area contributed by atoms with Gasteiger partial charge >= 0.3 is 0 Å². The van der Waals surface area contributed by atoms with Crippen molar-refractivity contribution in [2.45, 2.75) is 44.1 Å². The molecule has 2 aromatic heterocycles. The number of pyridine rings is 1. The lowest BCUT2D eigenvalue weighted by atomic mass is 9.96. The number of fused-ring (bicyclic) bond motifs is 3. The number of amides is 3. The third kappa shape index (κ3) is 3.78. The molecule has 1 saturated heterocycles. The van der Waals surface area contributed by atoms with Crippen molar-refractivity contribution >= 4 is 40.2 Å². The standard InChI is InChI=1S/C23H23ClN6O4/c24-17-7-3-4-12(27-17)10-26-23(34)20-14-8-9-16(21(14)32)30(20)18(31)11-29-15-6-2-1-5-13(15)19(28-29)22(25)33/h1-7,14,16,20-21,32H,8-11H2,(H2,25,33)(H,26,34)/t14-,16-,20?,21-/m0/s1. The molecular formula is C23H23ClN6O4. The number of aliphatic hydroxyl groups is 1. The van der Waals surface area contributed by atoms with E-state index in [1.54, 1.807) is 42.5 Å². The molecule has 1 saturated carbocycles. The van der Waals surface area contributed by atoms with E-state index in [0.29, 0.717) is 34.6 Å². The number of nitrogens with one attached hydrogen (secondary N) is 1. The summed E-state index contributed by atoms with van der Waals surface area (Å²) in [6, 6.07) is 10.9. The van der Waals surface area contributed by atoms with Gasteiger partial charge in [0.25, 0.3) is 5.91 Å². The first-order valence-electron chi connectivity index (χ1n) is 11.0. The minimum atomic E-state index is -0.808. The molecule has 3 amide bonds. The van der Waals surface area contributed by atoms with Gasteiger partial charge in [0.1, 0.15) is 17.7 Å². The second-order valence-corrected chi connectivity index (χ2v) is 8.99. The first kappa shape index (κ1) is 22.3. The molecule has 5 rings (SSSR count). The van der Waals surface area contributed by atoms with Crippen LogP contribution < -0.4 is 11.1 Å². The summed E-state index contributed by atoms with van der Waals surface area (Å²) in [6.45, 7) is -0.0411.